The lowest BCUT2D eigenvalue weighted by molar-refractivity contribution is 0.169. The summed E-state index contributed by atoms with van der Waals surface area (Å²) in [5.74, 6) is 1.54. The molecular formula is C27H41N3S. The van der Waals surface area contributed by atoms with Crippen molar-refractivity contribution in [3.05, 3.63) is 35.3 Å². The molecule has 1 saturated heterocycles. The Bertz CT molecular complexity index is 808. The minimum Gasteiger partial charge on any atom is -0.369 e. The van der Waals surface area contributed by atoms with E-state index < -0.39 is 0 Å². The van der Waals surface area contributed by atoms with Crippen LogP contribution in [0.3, 0.4) is 0 Å². The molecule has 2 fully saturated rings. The second kappa shape index (κ2) is 10.0. The molecule has 4 rings (SSSR count). The van der Waals surface area contributed by atoms with Gasteiger partial charge < -0.3 is 4.90 Å². The van der Waals surface area contributed by atoms with Crippen molar-refractivity contribution < 1.29 is 0 Å². The first-order valence-corrected chi connectivity index (χ1v) is 13.3. The summed E-state index contributed by atoms with van der Waals surface area (Å²) < 4.78 is 0. The second-order valence-electron chi connectivity index (χ2n) is 10.7. The highest BCUT2D eigenvalue weighted by molar-refractivity contribution is 7.13. The Labute approximate surface area is 193 Å². The van der Waals surface area contributed by atoms with Crippen LogP contribution in [0.1, 0.15) is 77.7 Å². The Morgan fingerprint density at radius 1 is 1.03 bits per heavy atom. The highest BCUT2D eigenvalue weighted by Gasteiger charge is 2.32. The average molecular weight is 440 g/mol. The smallest absolute Gasteiger partial charge is 0.123 e. The number of benzene rings is 1. The second-order valence-corrected chi connectivity index (χ2v) is 11.6. The van der Waals surface area contributed by atoms with Crippen LogP contribution in [0.4, 0.5) is 5.69 Å². The van der Waals surface area contributed by atoms with Gasteiger partial charge in [0.15, 0.2) is 0 Å². The van der Waals surface area contributed by atoms with E-state index in [0.29, 0.717) is 11.3 Å². The highest BCUT2D eigenvalue weighted by atomic mass is 32.1. The predicted molar refractivity (Wildman–Crippen MR) is 135 cm³/mol. The van der Waals surface area contributed by atoms with E-state index in [-0.39, 0.29) is 0 Å². The maximum atomic E-state index is 4.60. The van der Waals surface area contributed by atoms with E-state index in [1.807, 2.05) is 6.20 Å². The van der Waals surface area contributed by atoms with Crippen molar-refractivity contribution in [2.75, 3.05) is 37.6 Å². The van der Waals surface area contributed by atoms with Crippen molar-refractivity contribution in [1.29, 1.82) is 0 Å². The standard InChI is InChI=1S/C27H41N3S/c1-5-6-14-29-15-17-30(18-16-29)25-12-9-22(26-28-13-19-31-26)20-24(25)21-7-10-23(11-8-21)27(2,3)4/h9,12-13,19-21,23H,5-8,10-11,14-18H2,1-4H3. The third-order valence-electron chi connectivity index (χ3n) is 7.64. The Morgan fingerprint density at radius 2 is 1.77 bits per heavy atom. The zero-order chi connectivity index (χ0) is 21.8. The number of piperazine rings is 1. The number of anilines is 1. The van der Waals surface area contributed by atoms with E-state index in [1.165, 1.54) is 69.4 Å². The van der Waals surface area contributed by atoms with Crippen LogP contribution >= 0.6 is 11.3 Å². The van der Waals surface area contributed by atoms with Gasteiger partial charge in [-0.05, 0) is 79.7 Å². The van der Waals surface area contributed by atoms with Gasteiger partial charge in [0, 0.05) is 49.0 Å². The molecule has 170 valence electrons. The summed E-state index contributed by atoms with van der Waals surface area (Å²) in [5, 5.41) is 3.24. The summed E-state index contributed by atoms with van der Waals surface area (Å²) in [6.45, 7) is 15.5. The first-order chi connectivity index (χ1) is 15.0. The Kier molecular flexibility index (Phi) is 7.38. The molecule has 3 nitrogen and oxygen atoms in total. The van der Waals surface area contributed by atoms with E-state index >= 15 is 0 Å². The Hall–Kier alpha value is -1.39. The molecule has 0 unspecified atom stereocenters. The van der Waals surface area contributed by atoms with Gasteiger partial charge in [-0.15, -0.1) is 11.3 Å². The summed E-state index contributed by atoms with van der Waals surface area (Å²) in [7, 11) is 0. The number of unbranched alkanes of at least 4 members (excludes halogenated alkanes) is 1. The summed E-state index contributed by atoms with van der Waals surface area (Å²) in [4.78, 5) is 9.91. The summed E-state index contributed by atoms with van der Waals surface area (Å²) in [5.41, 5.74) is 4.82. The van der Waals surface area contributed by atoms with E-state index in [0.717, 1.165) is 24.0 Å². The lowest BCUT2D eigenvalue weighted by Gasteiger charge is -2.40. The molecule has 2 aliphatic rings. The maximum Gasteiger partial charge on any atom is 0.123 e. The molecule has 1 aromatic heterocycles. The fourth-order valence-electron chi connectivity index (χ4n) is 5.53. The van der Waals surface area contributed by atoms with Gasteiger partial charge in [-0.2, -0.15) is 0 Å². The first kappa shape index (κ1) is 22.8. The number of aromatic nitrogens is 1. The topological polar surface area (TPSA) is 19.4 Å². The van der Waals surface area contributed by atoms with E-state index in [2.05, 4.69) is 66.1 Å². The summed E-state index contributed by atoms with van der Waals surface area (Å²) in [6.07, 6.45) is 9.92. The maximum absolute atomic E-state index is 4.60. The summed E-state index contributed by atoms with van der Waals surface area (Å²) >= 11 is 1.75. The van der Waals surface area contributed by atoms with Crippen molar-refractivity contribution in [2.45, 2.75) is 72.1 Å². The molecule has 1 saturated carbocycles. The highest BCUT2D eigenvalue weighted by Crippen LogP contribution is 2.46. The van der Waals surface area contributed by atoms with E-state index in [1.54, 1.807) is 16.9 Å². The van der Waals surface area contributed by atoms with Crippen LogP contribution in [0.15, 0.2) is 29.8 Å². The van der Waals surface area contributed by atoms with Gasteiger partial charge >= 0.3 is 0 Å². The van der Waals surface area contributed by atoms with Gasteiger partial charge in [-0.3, -0.25) is 4.90 Å². The van der Waals surface area contributed by atoms with Gasteiger partial charge in [0.2, 0.25) is 0 Å². The summed E-state index contributed by atoms with van der Waals surface area (Å²) in [6, 6.07) is 7.20. The van der Waals surface area contributed by atoms with Crippen molar-refractivity contribution in [3.8, 4) is 10.6 Å². The van der Waals surface area contributed by atoms with Gasteiger partial charge in [-0.25, -0.2) is 4.98 Å². The molecule has 1 aliphatic heterocycles. The predicted octanol–water partition coefficient (Wildman–Crippen LogP) is 7.05. The molecule has 31 heavy (non-hydrogen) atoms. The average Bonchev–Trinajstić information content (AvgIpc) is 3.32. The largest absolute Gasteiger partial charge is 0.369 e. The van der Waals surface area contributed by atoms with Gasteiger partial charge in [0.1, 0.15) is 5.01 Å². The van der Waals surface area contributed by atoms with Crippen LogP contribution in [0.25, 0.3) is 10.6 Å². The van der Waals surface area contributed by atoms with Crippen LogP contribution in [0, 0.1) is 11.3 Å². The van der Waals surface area contributed by atoms with Crippen LogP contribution in [0.2, 0.25) is 0 Å². The van der Waals surface area contributed by atoms with E-state index in [9.17, 15) is 0 Å². The van der Waals surface area contributed by atoms with Crippen molar-refractivity contribution in [3.63, 3.8) is 0 Å². The number of thiazole rings is 1. The molecule has 2 heterocycles. The van der Waals surface area contributed by atoms with Crippen LogP contribution in [0.5, 0.6) is 0 Å². The quantitative estimate of drug-likeness (QED) is 0.480. The molecule has 0 bridgehead atoms. The van der Waals surface area contributed by atoms with Gasteiger partial charge in [0.05, 0.1) is 0 Å². The minimum atomic E-state index is 0.436. The molecule has 4 heteroatoms. The van der Waals surface area contributed by atoms with Crippen molar-refractivity contribution >= 4 is 17.0 Å². The number of hydrogen-bond acceptors (Lipinski definition) is 4. The molecule has 1 aliphatic carbocycles. The van der Waals surface area contributed by atoms with Crippen LogP contribution in [-0.2, 0) is 0 Å². The SMILES string of the molecule is CCCCN1CCN(c2ccc(-c3nccs3)cc2C2CCC(C(C)(C)C)CC2)CC1. The molecule has 0 N–H and O–H groups in total. The molecule has 0 spiro atoms. The lowest BCUT2D eigenvalue weighted by atomic mass is 9.68. The number of rotatable bonds is 6. The van der Waals surface area contributed by atoms with Crippen molar-refractivity contribution in [1.82, 2.24) is 9.88 Å². The fourth-order valence-corrected chi connectivity index (χ4v) is 6.17. The fraction of sp³-hybridized carbons (Fsp3) is 0.667. The third-order valence-corrected chi connectivity index (χ3v) is 8.46. The molecule has 1 aromatic carbocycles. The third kappa shape index (κ3) is 5.51. The zero-order valence-electron chi connectivity index (χ0n) is 20.1. The van der Waals surface area contributed by atoms with E-state index in [4.69, 9.17) is 0 Å². The monoisotopic (exact) mass is 439 g/mol. The molecule has 0 atom stereocenters. The Morgan fingerprint density at radius 3 is 2.39 bits per heavy atom. The molecule has 2 aromatic rings. The van der Waals surface area contributed by atoms with Crippen LogP contribution < -0.4 is 4.90 Å². The number of nitrogens with zero attached hydrogens (tertiary/aromatic N) is 3. The van der Waals surface area contributed by atoms with Gasteiger partial charge in [0.25, 0.3) is 0 Å². The Balaban J connectivity index is 1.54. The molecule has 0 radical (unpaired) electrons. The molecule has 0 amide bonds. The number of hydrogen-bond donors (Lipinski definition) is 0. The first-order valence-electron chi connectivity index (χ1n) is 12.5. The van der Waals surface area contributed by atoms with Crippen LogP contribution in [-0.4, -0.2) is 42.6 Å². The van der Waals surface area contributed by atoms with Crippen molar-refractivity contribution in [2.24, 2.45) is 11.3 Å². The van der Waals surface area contributed by atoms with Gasteiger partial charge in [-0.1, -0.05) is 34.1 Å². The minimum absolute atomic E-state index is 0.436. The molecular weight excluding hydrogens is 398 g/mol. The normalized spacial score (nSPS) is 23.3. The lowest BCUT2D eigenvalue weighted by Crippen LogP contribution is -2.47. The zero-order valence-corrected chi connectivity index (χ0v) is 20.9.